The van der Waals surface area contributed by atoms with Gasteiger partial charge in [-0.1, -0.05) is 0 Å². The zero-order valence-corrected chi connectivity index (χ0v) is 11.5. The van der Waals surface area contributed by atoms with Crippen LogP contribution in [0.5, 0.6) is 0 Å². The van der Waals surface area contributed by atoms with E-state index in [1.54, 1.807) is 4.90 Å². The summed E-state index contributed by atoms with van der Waals surface area (Å²) in [5.74, 6) is 0.333. The van der Waals surface area contributed by atoms with Crippen molar-refractivity contribution in [3.05, 3.63) is 0 Å². The lowest BCUT2D eigenvalue weighted by Crippen LogP contribution is -2.50. The number of rotatable bonds is 4. The monoisotopic (exact) mass is 253 g/mol. The van der Waals surface area contributed by atoms with Gasteiger partial charge in [0.25, 0.3) is 0 Å². The van der Waals surface area contributed by atoms with Crippen molar-refractivity contribution >= 4 is 11.8 Å². The SMILES string of the molecule is CCN(C)C(=O)C(C)NC1CC(=O)N2CCCC12. The molecule has 2 aliphatic rings. The van der Waals surface area contributed by atoms with Gasteiger partial charge in [0.15, 0.2) is 0 Å². The molecule has 2 saturated heterocycles. The van der Waals surface area contributed by atoms with Crippen molar-refractivity contribution in [2.45, 2.75) is 51.2 Å². The van der Waals surface area contributed by atoms with Gasteiger partial charge in [-0.05, 0) is 26.7 Å². The van der Waals surface area contributed by atoms with Gasteiger partial charge in [-0.3, -0.25) is 9.59 Å². The number of hydrogen-bond donors (Lipinski definition) is 1. The lowest BCUT2D eigenvalue weighted by Gasteiger charge is -2.26. The molecular formula is C13H23N3O2. The Hall–Kier alpha value is -1.10. The van der Waals surface area contributed by atoms with Gasteiger partial charge in [-0.25, -0.2) is 0 Å². The number of hydrogen-bond acceptors (Lipinski definition) is 3. The van der Waals surface area contributed by atoms with Crippen LogP contribution in [0.3, 0.4) is 0 Å². The van der Waals surface area contributed by atoms with Gasteiger partial charge < -0.3 is 15.1 Å². The summed E-state index contributed by atoms with van der Waals surface area (Å²) >= 11 is 0. The smallest absolute Gasteiger partial charge is 0.239 e. The van der Waals surface area contributed by atoms with Crippen molar-refractivity contribution in [3.8, 4) is 0 Å². The molecule has 0 aliphatic carbocycles. The van der Waals surface area contributed by atoms with E-state index < -0.39 is 0 Å². The maximum atomic E-state index is 12.0. The topological polar surface area (TPSA) is 52.7 Å². The minimum absolute atomic E-state index is 0.0985. The first-order valence-corrected chi connectivity index (χ1v) is 6.85. The Morgan fingerprint density at radius 1 is 1.61 bits per heavy atom. The zero-order valence-electron chi connectivity index (χ0n) is 11.5. The van der Waals surface area contributed by atoms with Gasteiger partial charge >= 0.3 is 0 Å². The lowest BCUT2D eigenvalue weighted by atomic mass is 10.1. The molecule has 1 N–H and O–H groups in total. The largest absolute Gasteiger partial charge is 0.345 e. The van der Waals surface area contributed by atoms with Crippen LogP contribution in [0, 0.1) is 0 Å². The number of fused-ring (bicyclic) bond motifs is 1. The lowest BCUT2D eigenvalue weighted by molar-refractivity contribution is -0.132. The average Bonchev–Trinajstić information content (AvgIpc) is 2.93. The van der Waals surface area contributed by atoms with E-state index >= 15 is 0 Å². The van der Waals surface area contributed by atoms with E-state index in [9.17, 15) is 9.59 Å². The van der Waals surface area contributed by atoms with E-state index in [-0.39, 0.29) is 23.9 Å². The third kappa shape index (κ3) is 2.36. The fourth-order valence-electron chi connectivity index (χ4n) is 3.01. The molecule has 0 aromatic heterocycles. The van der Waals surface area contributed by atoms with Crippen molar-refractivity contribution in [1.29, 1.82) is 0 Å². The van der Waals surface area contributed by atoms with Crippen LogP contribution in [0.1, 0.15) is 33.1 Å². The van der Waals surface area contributed by atoms with Gasteiger partial charge in [0.05, 0.1) is 6.04 Å². The molecule has 5 nitrogen and oxygen atoms in total. The Bertz CT molecular complexity index is 345. The summed E-state index contributed by atoms with van der Waals surface area (Å²) < 4.78 is 0. The molecule has 2 amide bonds. The second-order valence-corrected chi connectivity index (χ2v) is 5.35. The predicted molar refractivity (Wildman–Crippen MR) is 69.0 cm³/mol. The van der Waals surface area contributed by atoms with Crippen LogP contribution in [-0.4, -0.2) is 59.9 Å². The first-order chi connectivity index (χ1) is 8.54. The van der Waals surface area contributed by atoms with Crippen LogP contribution in [0.15, 0.2) is 0 Å². The molecule has 3 unspecified atom stereocenters. The second kappa shape index (κ2) is 5.26. The summed E-state index contributed by atoms with van der Waals surface area (Å²) in [6.45, 7) is 5.45. The van der Waals surface area contributed by atoms with Gasteiger partial charge in [0.2, 0.25) is 11.8 Å². The van der Waals surface area contributed by atoms with Crippen LogP contribution in [0.4, 0.5) is 0 Å². The van der Waals surface area contributed by atoms with E-state index in [2.05, 4.69) is 5.32 Å². The first-order valence-electron chi connectivity index (χ1n) is 6.85. The van der Waals surface area contributed by atoms with Crippen LogP contribution in [-0.2, 0) is 9.59 Å². The molecule has 0 spiro atoms. The maximum absolute atomic E-state index is 12.0. The standard InChI is InChI=1S/C13H23N3O2/c1-4-15(3)13(18)9(2)14-10-8-12(17)16-7-5-6-11(10)16/h9-11,14H,4-8H2,1-3H3. The normalized spacial score (nSPS) is 28.4. The molecule has 0 aromatic rings. The first kappa shape index (κ1) is 13.3. The second-order valence-electron chi connectivity index (χ2n) is 5.35. The molecule has 2 heterocycles. The fourth-order valence-corrected chi connectivity index (χ4v) is 3.01. The van der Waals surface area contributed by atoms with Gasteiger partial charge in [0.1, 0.15) is 0 Å². The van der Waals surface area contributed by atoms with Crippen molar-refractivity contribution in [1.82, 2.24) is 15.1 Å². The number of nitrogens with zero attached hydrogens (tertiary/aromatic N) is 2. The number of nitrogens with one attached hydrogen (secondary N) is 1. The zero-order chi connectivity index (χ0) is 13.3. The summed E-state index contributed by atoms with van der Waals surface area (Å²) in [4.78, 5) is 27.5. The fraction of sp³-hybridized carbons (Fsp3) is 0.846. The molecular weight excluding hydrogens is 230 g/mol. The number of carbonyl (C=O) groups excluding carboxylic acids is 2. The van der Waals surface area contributed by atoms with Crippen molar-refractivity contribution < 1.29 is 9.59 Å². The van der Waals surface area contributed by atoms with E-state index in [4.69, 9.17) is 0 Å². The minimum atomic E-state index is -0.215. The van der Waals surface area contributed by atoms with Crippen LogP contribution < -0.4 is 5.32 Å². The Kier molecular flexibility index (Phi) is 3.90. The molecule has 2 aliphatic heterocycles. The Morgan fingerprint density at radius 2 is 2.33 bits per heavy atom. The highest BCUT2D eigenvalue weighted by atomic mass is 16.2. The number of carbonyl (C=O) groups is 2. The quantitative estimate of drug-likeness (QED) is 0.779. The molecule has 0 bridgehead atoms. The highest BCUT2D eigenvalue weighted by Gasteiger charge is 2.43. The Balaban J connectivity index is 1.93. The summed E-state index contributed by atoms with van der Waals surface area (Å²) in [5.41, 5.74) is 0. The maximum Gasteiger partial charge on any atom is 0.239 e. The van der Waals surface area contributed by atoms with Crippen molar-refractivity contribution in [3.63, 3.8) is 0 Å². The molecule has 5 heteroatoms. The van der Waals surface area contributed by atoms with Gasteiger partial charge in [-0.2, -0.15) is 0 Å². The summed E-state index contributed by atoms with van der Waals surface area (Å²) in [7, 11) is 1.81. The van der Waals surface area contributed by atoms with Crippen LogP contribution in [0.2, 0.25) is 0 Å². The van der Waals surface area contributed by atoms with E-state index in [0.29, 0.717) is 19.0 Å². The number of amides is 2. The van der Waals surface area contributed by atoms with Gasteiger partial charge in [-0.15, -0.1) is 0 Å². The highest BCUT2D eigenvalue weighted by Crippen LogP contribution is 2.29. The predicted octanol–water partition coefficient (Wildman–Crippen LogP) is 0.206. The van der Waals surface area contributed by atoms with Crippen molar-refractivity contribution in [2.24, 2.45) is 0 Å². The average molecular weight is 253 g/mol. The summed E-state index contributed by atoms with van der Waals surface area (Å²) in [6, 6.07) is 0.234. The third-order valence-corrected chi connectivity index (χ3v) is 4.16. The summed E-state index contributed by atoms with van der Waals surface area (Å²) in [6.07, 6.45) is 2.69. The molecule has 0 radical (unpaired) electrons. The minimum Gasteiger partial charge on any atom is -0.345 e. The molecule has 0 aromatic carbocycles. The van der Waals surface area contributed by atoms with Crippen LogP contribution in [0.25, 0.3) is 0 Å². The molecule has 2 rings (SSSR count). The van der Waals surface area contributed by atoms with E-state index in [0.717, 1.165) is 19.4 Å². The molecule has 2 fully saturated rings. The molecule has 102 valence electrons. The Morgan fingerprint density at radius 3 is 3.00 bits per heavy atom. The number of likely N-dealkylation sites (N-methyl/N-ethyl adjacent to an activating group) is 1. The molecule has 0 saturated carbocycles. The van der Waals surface area contributed by atoms with Crippen LogP contribution >= 0.6 is 0 Å². The Labute approximate surface area is 108 Å². The van der Waals surface area contributed by atoms with E-state index in [1.165, 1.54) is 0 Å². The molecule has 18 heavy (non-hydrogen) atoms. The van der Waals surface area contributed by atoms with E-state index in [1.807, 2.05) is 25.8 Å². The third-order valence-electron chi connectivity index (χ3n) is 4.16. The van der Waals surface area contributed by atoms with Gasteiger partial charge in [0, 0.05) is 38.6 Å². The molecule has 3 atom stereocenters. The van der Waals surface area contributed by atoms with Crippen molar-refractivity contribution in [2.75, 3.05) is 20.1 Å². The highest BCUT2D eigenvalue weighted by molar-refractivity contribution is 5.82. The summed E-state index contributed by atoms with van der Waals surface area (Å²) in [5, 5.41) is 3.34.